The number of para-hydroxylation sites is 3. The summed E-state index contributed by atoms with van der Waals surface area (Å²) < 4.78 is 11.2. The molecule has 0 bridgehead atoms. The number of hydrogen-bond acceptors (Lipinski definition) is 1. The van der Waals surface area contributed by atoms with Crippen LogP contribution in [0.2, 0.25) is 0 Å². The Kier molecular flexibility index (Phi) is 4.45. The first kappa shape index (κ1) is 22.8. The van der Waals surface area contributed by atoms with Crippen LogP contribution in [0.4, 0.5) is 0 Å². The Morgan fingerprint density at radius 1 is 0.372 bits per heavy atom. The van der Waals surface area contributed by atoms with Crippen LogP contribution in [0.3, 0.4) is 0 Å². The van der Waals surface area contributed by atoms with Crippen LogP contribution < -0.4 is 0 Å². The molecule has 10 aromatic rings. The van der Waals surface area contributed by atoms with Gasteiger partial charge in [0.15, 0.2) is 0 Å². The molecule has 3 aromatic heterocycles. The molecule has 200 valence electrons. The maximum absolute atomic E-state index is 6.33. The van der Waals surface area contributed by atoms with Crippen molar-refractivity contribution in [3.05, 3.63) is 146 Å². The van der Waals surface area contributed by atoms with Crippen molar-refractivity contribution in [3.63, 3.8) is 0 Å². The van der Waals surface area contributed by atoms with Gasteiger partial charge in [0, 0.05) is 32.6 Å². The summed E-state index contributed by atoms with van der Waals surface area (Å²) in [5, 5.41) is 9.83. The van der Waals surface area contributed by atoms with Gasteiger partial charge in [0.2, 0.25) is 0 Å². The molecular weight excluding hydrogens is 524 g/mol. The predicted molar refractivity (Wildman–Crippen MR) is 180 cm³/mol. The van der Waals surface area contributed by atoms with Crippen LogP contribution in [0.25, 0.3) is 87.7 Å². The van der Waals surface area contributed by atoms with Crippen LogP contribution >= 0.6 is 0 Å². The topological polar surface area (TPSA) is 23.0 Å². The molecule has 3 nitrogen and oxygen atoms in total. The lowest BCUT2D eigenvalue weighted by Gasteiger charge is -2.11. The second-order valence-corrected chi connectivity index (χ2v) is 11.3. The van der Waals surface area contributed by atoms with Gasteiger partial charge < -0.3 is 13.6 Å². The van der Waals surface area contributed by atoms with Gasteiger partial charge in [0.05, 0.1) is 33.1 Å². The smallest absolute Gasteiger partial charge is 0.137 e. The van der Waals surface area contributed by atoms with E-state index in [4.69, 9.17) is 4.42 Å². The Labute approximate surface area is 246 Å². The van der Waals surface area contributed by atoms with E-state index in [9.17, 15) is 0 Å². The van der Waals surface area contributed by atoms with E-state index in [1.807, 2.05) is 6.07 Å². The predicted octanol–water partition coefficient (Wildman–Crippen LogP) is 10.9. The molecule has 0 radical (unpaired) electrons. The van der Waals surface area contributed by atoms with Gasteiger partial charge in [0.1, 0.15) is 11.2 Å². The second-order valence-electron chi connectivity index (χ2n) is 11.3. The van der Waals surface area contributed by atoms with Crippen molar-refractivity contribution in [3.8, 4) is 11.4 Å². The molecule has 0 N–H and O–H groups in total. The van der Waals surface area contributed by atoms with Crippen molar-refractivity contribution in [2.75, 3.05) is 0 Å². The standard InChI is InChI=1S/C40H24N2O/c1-2-12-26(13-3-1)41-33-23-21-25-11-4-5-14-27(25)37(33)30-22-24-34-39(40(30)41)28-15-6-8-17-31(28)42(34)32-18-10-20-36-38(32)29-16-7-9-19-35(29)43-36/h1-24H. The van der Waals surface area contributed by atoms with Crippen molar-refractivity contribution >= 4 is 76.3 Å². The van der Waals surface area contributed by atoms with Crippen molar-refractivity contribution < 1.29 is 4.42 Å². The molecule has 43 heavy (non-hydrogen) atoms. The summed E-state index contributed by atoms with van der Waals surface area (Å²) in [6, 6.07) is 52.2. The first-order valence-electron chi connectivity index (χ1n) is 14.7. The Morgan fingerprint density at radius 3 is 1.98 bits per heavy atom. The Hall–Kier alpha value is -5.80. The zero-order valence-corrected chi connectivity index (χ0v) is 23.2. The largest absolute Gasteiger partial charge is 0.456 e. The highest BCUT2D eigenvalue weighted by atomic mass is 16.3. The molecule has 0 aliphatic rings. The lowest BCUT2D eigenvalue weighted by molar-refractivity contribution is 0.669. The second kappa shape index (κ2) is 8.37. The highest BCUT2D eigenvalue weighted by Gasteiger charge is 2.23. The van der Waals surface area contributed by atoms with Gasteiger partial charge in [0.25, 0.3) is 0 Å². The minimum Gasteiger partial charge on any atom is -0.456 e. The van der Waals surface area contributed by atoms with Crippen molar-refractivity contribution in [1.29, 1.82) is 0 Å². The van der Waals surface area contributed by atoms with Gasteiger partial charge in [-0.2, -0.15) is 0 Å². The first-order chi connectivity index (χ1) is 21.4. The van der Waals surface area contributed by atoms with Crippen molar-refractivity contribution in [2.24, 2.45) is 0 Å². The normalized spacial score (nSPS) is 12.2. The maximum atomic E-state index is 6.33. The van der Waals surface area contributed by atoms with E-state index in [0.717, 1.165) is 33.3 Å². The molecule has 0 unspecified atom stereocenters. The van der Waals surface area contributed by atoms with Crippen LogP contribution in [0.1, 0.15) is 0 Å². The Bertz CT molecular complexity index is 2720. The average molecular weight is 549 g/mol. The zero-order valence-electron chi connectivity index (χ0n) is 23.2. The third kappa shape index (κ3) is 2.98. The maximum Gasteiger partial charge on any atom is 0.137 e. The number of furan rings is 1. The lowest BCUT2D eigenvalue weighted by Crippen LogP contribution is -1.95. The lowest BCUT2D eigenvalue weighted by atomic mass is 10.0. The summed E-state index contributed by atoms with van der Waals surface area (Å²) in [7, 11) is 0. The van der Waals surface area contributed by atoms with Gasteiger partial charge in [-0.15, -0.1) is 0 Å². The fourth-order valence-corrected chi connectivity index (χ4v) is 7.37. The molecule has 0 fully saturated rings. The average Bonchev–Trinajstić information content (AvgIpc) is 3.73. The fraction of sp³-hybridized carbons (Fsp3) is 0. The van der Waals surface area contributed by atoms with E-state index in [2.05, 4.69) is 149 Å². The number of fused-ring (bicyclic) bond motifs is 12. The first-order valence-corrected chi connectivity index (χ1v) is 14.7. The molecule has 0 aliphatic carbocycles. The molecule has 3 heteroatoms. The molecule has 0 aliphatic heterocycles. The van der Waals surface area contributed by atoms with Crippen LogP contribution in [0.5, 0.6) is 0 Å². The molecule has 10 rings (SSSR count). The number of aromatic nitrogens is 2. The summed E-state index contributed by atoms with van der Waals surface area (Å²) in [6.45, 7) is 0. The third-order valence-electron chi connectivity index (χ3n) is 9.09. The summed E-state index contributed by atoms with van der Waals surface area (Å²) in [6.07, 6.45) is 0. The number of benzene rings is 7. The Balaban J connectivity index is 1.46. The van der Waals surface area contributed by atoms with Crippen LogP contribution in [0, 0.1) is 0 Å². The van der Waals surface area contributed by atoms with E-state index in [-0.39, 0.29) is 0 Å². The molecular formula is C40H24N2O. The van der Waals surface area contributed by atoms with E-state index in [1.54, 1.807) is 0 Å². The van der Waals surface area contributed by atoms with E-state index >= 15 is 0 Å². The summed E-state index contributed by atoms with van der Waals surface area (Å²) in [5.41, 5.74) is 8.89. The number of hydrogen-bond donors (Lipinski definition) is 0. The van der Waals surface area contributed by atoms with E-state index in [1.165, 1.54) is 54.4 Å². The quantitative estimate of drug-likeness (QED) is 0.211. The highest BCUT2D eigenvalue weighted by molar-refractivity contribution is 6.30. The SMILES string of the molecule is c1ccc(-n2c3ccc4ccccc4c3c3ccc4c(c5ccccc5n4-c4cccc5oc6ccccc6c45)c32)cc1. The molecule has 0 atom stereocenters. The molecule has 0 saturated carbocycles. The van der Waals surface area contributed by atoms with Crippen molar-refractivity contribution in [1.82, 2.24) is 9.13 Å². The van der Waals surface area contributed by atoms with Gasteiger partial charge in [-0.25, -0.2) is 0 Å². The summed E-state index contributed by atoms with van der Waals surface area (Å²) >= 11 is 0. The van der Waals surface area contributed by atoms with Crippen LogP contribution in [-0.4, -0.2) is 9.13 Å². The van der Waals surface area contributed by atoms with Crippen LogP contribution in [-0.2, 0) is 0 Å². The monoisotopic (exact) mass is 548 g/mol. The van der Waals surface area contributed by atoms with Crippen LogP contribution in [0.15, 0.2) is 150 Å². The summed E-state index contributed by atoms with van der Waals surface area (Å²) in [5.74, 6) is 0. The third-order valence-corrected chi connectivity index (χ3v) is 9.09. The van der Waals surface area contributed by atoms with Gasteiger partial charge >= 0.3 is 0 Å². The molecule has 0 amide bonds. The number of nitrogens with zero attached hydrogens (tertiary/aromatic N) is 2. The minimum absolute atomic E-state index is 0.899. The molecule has 3 heterocycles. The molecule has 0 spiro atoms. The van der Waals surface area contributed by atoms with Gasteiger partial charge in [-0.3, -0.25) is 0 Å². The van der Waals surface area contributed by atoms with Crippen molar-refractivity contribution in [2.45, 2.75) is 0 Å². The fourth-order valence-electron chi connectivity index (χ4n) is 7.37. The van der Waals surface area contributed by atoms with Gasteiger partial charge in [-0.1, -0.05) is 97.1 Å². The number of rotatable bonds is 2. The highest BCUT2D eigenvalue weighted by Crippen LogP contribution is 2.45. The Morgan fingerprint density at radius 2 is 1.07 bits per heavy atom. The van der Waals surface area contributed by atoms with E-state index in [0.29, 0.717) is 0 Å². The molecule has 0 saturated heterocycles. The van der Waals surface area contributed by atoms with E-state index < -0.39 is 0 Å². The summed E-state index contributed by atoms with van der Waals surface area (Å²) in [4.78, 5) is 0. The van der Waals surface area contributed by atoms with Gasteiger partial charge in [-0.05, 0) is 59.3 Å². The minimum atomic E-state index is 0.899. The molecule has 7 aromatic carbocycles. The zero-order chi connectivity index (χ0) is 28.1.